The maximum Gasteiger partial charge on any atom is 0.233 e. The van der Waals surface area contributed by atoms with Gasteiger partial charge in [-0.3, -0.25) is 9.69 Å². The second kappa shape index (κ2) is 11.0. The molecule has 1 heterocycles. The summed E-state index contributed by atoms with van der Waals surface area (Å²) in [7, 11) is 0. The molecular formula is C23H31N3O2. The molecule has 0 radical (unpaired) electrons. The SMILES string of the molecule is Cc1ccc([C@H](CN2CCOCC2)NCC(=O)NCCc2ccccc2)cc1. The maximum absolute atomic E-state index is 12.3. The number of rotatable bonds is 9. The Bertz CT molecular complexity index is 712. The fraction of sp³-hybridized carbons (Fsp3) is 0.435. The number of morpholine rings is 1. The van der Waals surface area contributed by atoms with Gasteiger partial charge in [0.2, 0.25) is 5.91 Å². The van der Waals surface area contributed by atoms with Gasteiger partial charge in [-0.2, -0.15) is 0 Å². The van der Waals surface area contributed by atoms with Gasteiger partial charge in [-0.1, -0.05) is 60.2 Å². The first kappa shape index (κ1) is 20.5. The lowest BCUT2D eigenvalue weighted by Crippen LogP contribution is -2.44. The van der Waals surface area contributed by atoms with Crippen molar-refractivity contribution >= 4 is 5.91 Å². The third-order valence-corrected chi connectivity index (χ3v) is 5.11. The van der Waals surface area contributed by atoms with E-state index in [9.17, 15) is 4.79 Å². The van der Waals surface area contributed by atoms with E-state index in [0.29, 0.717) is 13.1 Å². The lowest BCUT2D eigenvalue weighted by molar-refractivity contribution is -0.120. The summed E-state index contributed by atoms with van der Waals surface area (Å²) in [6.07, 6.45) is 0.849. The summed E-state index contributed by atoms with van der Waals surface area (Å²) in [5.74, 6) is 0.0371. The van der Waals surface area contributed by atoms with Gasteiger partial charge in [0.05, 0.1) is 19.8 Å². The third-order valence-electron chi connectivity index (χ3n) is 5.11. The van der Waals surface area contributed by atoms with Gasteiger partial charge < -0.3 is 15.4 Å². The Morgan fingerprint density at radius 2 is 1.79 bits per heavy atom. The number of amides is 1. The molecule has 0 spiro atoms. The molecule has 3 rings (SSSR count). The van der Waals surface area contributed by atoms with Crippen LogP contribution in [0.25, 0.3) is 0 Å². The first-order valence-corrected chi connectivity index (χ1v) is 10.1. The highest BCUT2D eigenvalue weighted by Gasteiger charge is 2.19. The highest BCUT2D eigenvalue weighted by molar-refractivity contribution is 5.78. The van der Waals surface area contributed by atoms with Gasteiger partial charge in [0.25, 0.3) is 0 Å². The van der Waals surface area contributed by atoms with Crippen LogP contribution in [0.1, 0.15) is 22.7 Å². The summed E-state index contributed by atoms with van der Waals surface area (Å²) in [6.45, 7) is 7.38. The summed E-state index contributed by atoms with van der Waals surface area (Å²) in [5.41, 5.74) is 3.70. The molecule has 5 heteroatoms. The van der Waals surface area contributed by atoms with E-state index in [1.54, 1.807) is 0 Å². The average Bonchev–Trinajstić information content (AvgIpc) is 2.73. The molecule has 1 saturated heterocycles. The normalized spacial score (nSPS) is 15.9. The summed E-state index contributed by atoms with van der Waals surface area (Å²) in [6, 6.07) is 18.9. The average molecular weight is 382 g/mol. The quantitative estimate of drug-likeness (QED) is 0.700. The number of carbonyl (C=O) groups is 1. The van der Waals surface area contributed by atoms with E-state index in [1.165, 1.54) is 16.7 Å². The van der Waals surface area contributed by atoms with Crippen molar-refractivity contribution in [1.82, 2.24) is 15.5 Å². The van der Waals surface area contributed by atoms with Crippen LogP contribution >= 0.6 is 0 Å². The molecule has 150 valence electrons. The second-order valence-electron chi connectivity index (χ2n) is 7.34. The van der Waals surface area contributed by atoms with Crippen molar-refractivity contribution in [1.29, 1.82) is 0 Å². The fourth-order valence-corrected chi connectivity index (χ4v) is 3.40. The van der Waals surface area contributed by atoms with Gasteiger partial charge in [-0.15, -0.1) is 0 Å². The van der Waals surface area contributed by atoms with Crippen LogP contribution in [0.3, 0.4) is 0 Å². The number of hydrogen-bond acceptors (Lipinski definition) is 4. The minimum Gasteiger partial charge on any atom is -0.379 e. The fourth-order valence-electron chi connectivity index (χ4n) is 3.40. The van der Waals surface area contributed by atoms with Crippen molar-refractivity contribution in [3.63, 3.8) is 0 Å². The van der Waals surface area contributed by atoms with E-state index in [0.717, 1.165) is 39.3 Å². The molecule has 2 aromatic rings. The van der Waals surface area contributed by atoms with Gasteiger partial charge in [-0.25, -0.2) is 0 Å². The number of carbonyl (C=O) groups excluding carboxylic acids is 1. The van der Waals surface area contributed by atoms with Crippen LogP contribution in [0.15, 0.2) is 54.6 Å². The summed E-state index contributed by atoms with van der Waals surface area (Å²) in [4.78, 5) is 14.7. The molecule has 1 atom stereocenters. The molecule has 0 aromatic heterocycles. The molecular weight excluding hydrogens is 350 g/mol. The largest absolute Gasteiger partial charge is 0.379 e. The molecule has 2 aromatic carbocycles. The standard InChI is InChI=1S/C23H31N3O2/c1-19-7-9-21(10-8-19)22(18-26-13-15-28-16-14-26)25-17-23(27)24-12-11-20-5-3-2-4-6-20/h2-10,22,25H,11-18H2,1H3,(H,24,27)/t22-/m0/s1. The van der Waals surface area contributed by atoms with E-state index in [4.69, 9.17) is 4.74 Å². The zero-order chi connectivity index (χ0) is 19.6. The zero-order valence-corrected chi connectivity index (χ0v) is 16.7. The topological polar surface area (TPSA) is 53.6 Å². The molecule has 28 heavy (non-hydrogen) atoms. The molecule has 0 unspecified atom stereocenters. The maximum atomic E-state index is 12.3. The predicted octanol–water partition coefficient (Wildman–Crippen LogP) is 2.32. The number of benzene rings is 2. The first-order valence-electron chi connectivity index (χ1n) is 10.1. The molecule has 2 N–H and O–H groups in total. The summed E-state index contributed by atoms with van der Waals surface area (Å²) < 4.78 is 5.46. The van der Waals surface area contributed by atoms with E-state index in [2.05, 4.69) is 58.9 Å². The minimum atomic E-state index is 0.0371. The Hall–Kier alpha value is -2.21. The van der Waals surface area contributed by atoms with Gasteiger partial charge in [0.1, 0.15) is 0 Å². The molecule has 1 fully saturated rings. The second-order valence-corrected chi connectivity index (χ2v) is 7.34. The smallest absolute Gasteiger partial charge is 0.233 e. The predicted molar refractivity (Wildman–Crippen MR) is 112 cm³/mol. The van der Waals surface area contributed by atoms with E-state index in [1.807, 2.05) is 18.2 Å². The van der Waals surface area contributed by atoms with Gasteiger partial charge in [0.15, 0.2) is 0 Å². The molecule has 1 aliphatic rings. The van der Waals surface area contributed by atoms with E-state index >= 15 is 0 Å². The monoisotopic (exact) mass is 381 g/mol. The molecule has 1 aliphatic heterocycles. The van der Waals surface area contributed by atoms with Gasteiger partial charge >= 0.3 is 0 Å². The Kier molecular flexibility index (Phi) is 8.03. The Balaban J connectivity index is 1.49. The minimum absolute atomic E-state index is 0.0371. The third kappa shape index (κ3) is 6.75. The van der Waals surface area contributed by atoms with Crippen LogP contribution in [-0.4, -0.2) is 56.7 Å². The highest BCUT2D eigenvalue weighted by atomic mass is 16.5. The summed E-state index contributed by atoms with van der Waals surface area (Å²) in [5, 5.41) is 6.47. The molecule has 1 amide bonds. The van der Waals surface area contributed by atoms with Crippen molar-refractivity contribution in [2.75, 3.05) is 45.9 Å². The number of nitrogens with one attached hydrogen (secondary N) is 2. The number of ether oxygens (including phenoxy) is 1. The number of aryl methyl sites for hydroxylation is 1. The van der Waals surface area contributed by atoms with Crippen LogP contribution in [0.2, 0.25) is 0 Å². The first-order chi connectivity index (χ1) is 13.7. The van der Waals surface area contributed by atoms with Crippen LogP contribution in [0.5, 0.6) is 0 Å². The van der Waals surface area contributed by atoms with Crippen molar-refractivity contribution < 1.29 is 9.53 Å². The van der Waals surface area contributed by atoms with E-state index in [-0.39, 0.29) is 11.9 Å². The Morgan fingerprint density at radius 3 is 2.50 bits per heavy atom. The van der Waals surface area contributed by atoms with Gasteiger partial charge in [0, 0.05) is 32.2 Å². The Labute approximate surface area is 168 Å². The molecule has 0 saturated carbocycles. The van der Waals surface area contributed by atoms with Crippen LogP contribution in [0, 0.1) is 6.92 Å². The van der Waals surface area contributed by atoms with Crippen molar-refractivity contribution in [2.45, 2.75) is 19.4 Å². The van der Waals surface area contributed by atoms with Crippen molar-refractivity contribution in [2.24, 2.45) is 0 Å². The molecule has 5 nitrogen and oxygen atoms in total. The van der Waals surface area contributed by atoms with E-state index < -0.39 is 0 Å². The van der Waals surface area contributed by atoms with Gasteiger partial charge in [-0.05, 0) is 24.5 Å². The van der Waals surface area contributed by atoms with Crippen molar-refractivity contribution in [3.8, 4) is 0 Å². The van der Waals surface area contributed by atoms with Crippen molar-refractivity contribution in [3.05, 3.63) is 71.3 Å². The lowest BCUT2D eigenvalue weighted by atomic mass is 10.0. The number of nitrogens with zero attached hydrogens (tertiary/aromatic N) is 1. The Morgan fingerprint density at radius 1 is 1.07 bits per heavy atom. The van der Waals surface area contributed by atoms with Crippen LogP contribution < -0.4 is 10.6 Å². The summed E-state index contributed by atoms with van der Waals surface area (Å²) >= 11 is 0. The lowest BCUT2D eigenvalue weighted by Gasteiger charge is -2.31. The van der Waals surface area contributed by atoms with Crippen LogP contribution in [0.4, 0.5) is 0 Å². The molecule has 0 bridgehead atoms. The zero-order valence-electron chi connectivity index (χ0n) is 16.7. The highest BCUT2D eigenvalue weighted by Crippen LogP contribution is 2.16. The molecule has 0 aliphatic carbocycles. The van der Waals surface area contributed by atoms with Crippen LogP contribution in [-0.2, 0) is 16.0 Å². The number of hydrogen-bond donors (Lipinski definition) is 2.